The van der Waals surface area contributed by atoms with Gasteiger partial charge in [-0.2, -0.15) is 0 Å². The van der Waals surface area contributed by atoms with Gasteiger partial charge in [-0.05, 0) is 27.7 Å². The van der Waals surface area contributed by atoms with Crippen LogP contribution in [0.1, 0.15) is 32.0 Å². The van der Waals surface area contributed by atoms with Crippen LogP contribution in [0, 0.1) is 6.92 Å². The van der Waals surface area contributed by atoms with Crippen LogP contribution < -0.4 is 10.6 Å². The van der Waals surface area contributed by atoms with E-state index in [1.807, 2.05) is 13.1 Å². The summed E-state index contributed by atoms with van der Waals surface area (Å²) in [5.74, 6) is 0.836. The lowest BCUT2D eigenvalue weighted by Gasteiger charge is -2.42. The van der Waals surface area contributed by atoms with Crippen molar-refractivity contribution in [2.24, 2.45) is 5.73 Å². The van der Waals surface area contributed by atoms with Crippen molar-refractivity contribution in [3.63, 3.8) is 0 Å². The van der Waals surface area contributed by atoms with E-state index in [1.54, 1.807) is 0 Å². The van der Waals surface area contributed by atoms with Gasteiger partial charge in [-0.15, -0.1) is 0 Å². The van der Waals surface area contributed by atoms with Crippen LogP contribution in [-0.2, 0) is 6.54 Å². The van der Waals surface area contributed by atoms with Crippen LogP contribution in [0.15, 0.2) is 6.20 Å². The maximum Gasteiger partial charge on any atom is 0.225 e. The summed E-state index contributed by atoms with van der Waals surface area (Å²) in [5.41, 5.74) is 7.90. The molecule has 0 aromatic carbocycles. The number of aryl methyl sites for hydroxylation is 1. The predicted octanol–water partition coefficient (Wildman–Crippen LogP) is 1.16. The Morgan fingerprint density at radius 1 is 1.21 bits per heavy atom. The summed E-state index contributed by atoms with van der Waals surface area (Å²) in [6.45, 7) is 13.4. The van der Waals surface area contributed by atoms with Gasteiger partial charge in [-0.1, -0.05) is 0 Å². The lowest BCUT2D eigenvalue weighted by molar-refractivity contribution is 0.128. The van der Waals surface area contributed by atoms with Crippen molar-refractivity contribution in [1.29, 1.82) is 0 Å². The van der Waals surface area contributed by atoms with E-state index in [0.717, 1.165) is 43.4 Å². The lowest BCUT2D eigenvalue weighted by Crippen LogP contribution is -2.53. The molecule has 2 rings (SSSR count). The van der Waals surface area contributed by atoms with Crippen LogP contribution >= 0.6 is 0 Å². The van der Waals surface area contributed by atoms with Crippen LogP contribution in [0.3, 0.4) is 0 Å². The number of piperazine rings is 1. The fraction of sp³-hybridized carbons (Fsp3) is 0.714. The van der Waals surface area contributed by atoms with E-state index >= 15 is 0 Å². The molecule has 1 aliphatic rings. The highest BCUT2D eigenvalue weighted by Crippen LogP contribution is 2.18. The van der Waals surface area contributed by atoms with E-state index in [2.05, 4.69) is 40.5 Å². The number of hydrogen-bond acceptors (Lipinski definition) is 5. The monoisotopic (exact) mass is 263 g/mol. The van der Waals surface area contributed by atoms with Gasteiger partial charge in [0.1, 0.15) is 0 Å². The summed E-state index contributed by atoms with van der Waals surface area (Å²) < 4.78 is 0. The highest BCUT2D eigenvalue weighted by atomic mass is 15.3. The third-order valence-corrected chi connectivity index (χ3v) is 3.80. The molecule has 0 aliphatic carbocycles. The van der Waals surface area contributed by atoms with E-state index < -0.39 is 0 Å². The molecule has 0 unspecified atom stereocenters. The molecule has 5 nitrogen and oxygen atoms in total. The Bertz CT molecular complexity index is 430. The number of nitrogens with two attached hydrogens (primary N) is 1. The second-order valence-electron chi connectivity index (χ2n) is 6.13. The molecule has 1 aliphatic heterocycles. The predicted molar refractivity (Wildman–Crippen MR) is 78.2 cm³/mol. The zero-order valence-electron chi connectivity index (χ0n) is 12.5. The maximum absolute atomic E-state index is 5.64. The Hall–Kier alpha value is -1.20. The van der Waals surface area contributed by atoms with Gasteiger partial charge in [-0.25, -0.2) is 9.97 Å². The first-order valence-corrected chi connectivity index (χ1v) is 6.94. The van der Waals surface area contributed by atoms with Gasteiger partial charge < -0.3 is 10.6 Å². The minimum atomic E-state index is 0.242. The summed E-state index contributed by atoms with van der Waals surface area (Å²) in [6.07, 6.45) is 1.85. The summed E-state index contributed by atoms with van der Waals surface area (Å²) in [4.78, 5) is 13.8. The Labute approximate surface area is 115 Å². The topological polar surface area (TPSA) is 58.3 Å². The Balaban J connectivity index is 2.04. The van der Waals surface area contributed by atoms with Gasteiger partial charge in [0.25, 0.3) is 0 Å². The molecule has 0 atom stereocenters. The number of nitrogens with zero attached hydrogens (tertiary/aromatic N) is 4. The summed E-state index contributed by atoms with van der Waals surface area (Å²) in [5, 5.41) is 0. The third kappa shape index (κ3) is 3.22. The molecule has 2 N–H and O–H groups in total. The molecule has 0 spiro atoms. The van der Waals surface area contributed by atoms with Gasteiger partial charge in [0, 0.05) is 55.7 Å². The van der Waals surface area contributed by atoms with Gasteiger partial charge in [0.15, 0.2) is 0 Å². The SMILES string of the molecule is Cc1nc(N2CCN(C(C)(C)C)CC2)ncc1CN. The fourth-order valence-corrected chi connectivity index (χ4v) is 2.41. The van der Waals surface area contributed by atoms with Crippen LogP contribution in [-0.4, -0.2) is 46.6 Å². The van der Waals surface area contributed by atoms with Gasteiger partial charge >= 0.3 is 0 Å². The van der Waals surface area contributed by atoms with Crippen molar-refractivity contribution in [3.05, 3.63) is 17.5 Å². The Morgan fingerprint density at radius 2 is 1.84 bits per heavy atom. The molecule has 0 saturated carbocycles. The van der Waals surface area contributed by atoms with E-state index in [9.17, 15) is 0 Å². The number of rotatable bonds is 2. The highest BCUT2D eigenvalue weighted by Gasteiger charge is 2.26. The van der Waals surface area contributed by atoms with Crippen LogP contribution in [0.4, 0.5) is 5.95 Å². The number of aromatic nitrogens is 2. The molecular weight excluding hydrogens is 238 g/mol. The Morgan fingerprint density at radius 3 is 2.32 bits per heavy atom. The van der Waals surface area contributed by atoms with Crippen LogP contribution in [0.5, 0.6) is 0 Å². The van der Waals surface area contributed by atoms with Gasteiger partial charge in [0.05, 0.1) is 0 Å². The van der Waals surface area contributed by atoms with Crippen molar-refractivity contribution in [1.82, 2.24) is 14.9 Å². The van der Waals surface area contributed by atoms with Crippen molar-refractivity contribution in [2.75, 3.05) is 31.1 Å². The number of hydrogen-bond donors (Lipinski definition) is 1. The lowest BCUT2D eigenvalue weighted by atomic mass is 10.1. The minimum absolute atomic E-state index is 0.242. The van der Waals surface area contributed by atoms with Crippen molar-refractivity contribution in [3.8, 4) is 0 Å². The molecule has 1 fully saturated rings. The van der Waals surface area contributed by atoms with E-state index in [-0.39, 0.29) is 5.54 Å². The zero-order valence-corrected chi connectivity index (χ0v) is 12.5. The van der Waals surface area contributed by atoms with Crippen molar-refractivity contribution < 1.29 is 0 Å². The second kappa shape index (κ2) is 5.43. The molecule has 0 bridgehead atoms. The summed E-state index contributed by atoms with van der Waals surface area (Å²) in [7, 11) is 0. The molecule has 1 saturated heterocycles. The average Bonchev–Trinajstić information content (AvgIpc) is 2.38. The maximum atomic E-state index is 5.64. The first kappa shape index (κ1) is 14.2. The van der Waals surface area contributed by atoms with Crippen molar-refractivity contribution in [2.45, 2.75) is 39.8 Å². The molecule has 0 radical (unpaired) electrons. The Kier molecular flexibility index (Phi) is 4.06. The van der Waals surface area contributed by atoms with Gasteiger partial charge in [0.2, 0.25) is 5.95 Å². The molecule has 1 aromatic rings. The van der Waals surface area contributed by atoms with Crippen molar-refractivity contribution >= 4 is 5.95 Å². The number of anilines is 1. The fourth-order valence-electron chi connectivity index (χ4n) is 2.41. The van der Waals surface area contributed by atoms with E-state index in [0.29, 0.717) is 6.54 Å². The molecule has 106 valence electrons. The van der Waals surface area contributed by atoms with Gasteiger partial charge in [-0.3, -0.25) is 4.90 Å². The van der Waals surface area contributed by atoms with Crippen LogP contribution in [0.25, 0.3) is 0 Å². The summed E-state index contributed by atoms with van der Waals surface area (Å²) >= 11 is 0. The largest absolute Gasteiger partial charge is 0.338 e. The molecule has 0 amide bonds. The third-order valence-electron chi connectivity index (χ3n) is 3.80. The molecule has 19 heavy (non-hydrogen) atoms. The minimum Gasteiger partial charge on any atom is -0.338 e. The molecule has 1 aromatic heterocycles. The normalized spacial score (nSPS) is 17.8. The van der Waals surface area contributed by atoms with Crippen LogP contribution in [0.2, 0.25) is 0 Å². The zero-order chi connectivity index (χ0) is 14.0. The first-order chi connectivity index (χ1) is 8.91. The highest BCUT2D eigenvalue weighted by molar-refractivity contribution is 5.33. The molecular formula is C14H25N5. The average molecular weight is 263 g/mol. The summed E-state index contributed by atoms with van der Waals surface area (Å²) in [6, 6.07) is 0. The second-order valence-corrected chi connectivity index (χ2v) is 6.13. The first-order valence-electron chi connectivity index (χ1n) is 6.94. The molecule has 2 heterocycles. The quantitative estimate of drug-likeness (QED) is 0.868. The standard InChI is InChI=1S/C14H25N5/c1-11-12(9-15)10-16-13(17-11)18-5-7-19(8-6-18)14(2,3)4/h10H,5-9,15H2,1-4H3. The smallest absolute Gasteiger partial charge is 0.225 e. The van der Waals surface area contributed by atoms with E-state index in [4.69, 9.17) is 5.73 Å². The molecule has 5 heteroatoms. The van der Waals surface area contributed by atoms with E-state index in [1.165, 1.54) is 0 Å².